The van der Waals surface area contributed by atoms with Crippen LogP contribution in [0.1, 0.15) is 11.8 Å². The summed E-state index contributed by atoms with van der Waals surface area (Å²) in [6.07, 6.45) is -3.21. The minimum absolute atomic E-state index is 0.0852. The Bertz CT molecular complexity index is 1030. The van der Waals surface area contributed by atoms with Crippen LogP contribution in [0.4, 0.5) is 0 Å². The molecule has 2 aliphatic heterocycles. The molecule has 12 heteroatoms. The molecule has 150 valence electrons. The zero-order valence-corrected chi connectivity index (χ0v) is 15.1. The van der Waals surface area contributed by atoms with Gasteiger partial charge in [0.05, 0.1) is 6.61 Å². The van der Waals surface area contributed by atoms with E-state index in [-0.39, 0.29) is 5.56 Å². The van der Waals surface area contributed by atoms with Crippen molar-refractivity contribution >= 4 is 7.60 Å². The number of fused-ring (bicyclic) bond motifs is 1. The van der Waals surface area contributed by atoms with Crippen LogP contribution in [-0.4, -0.2) is 49.4 Å². The van der Waals surface area contributed by atoms with Gasteiger partial charge in [-0.2, -0.15) is 0 Å². The second kappa shape index (κ2) is 6.75. The van der Waals surface area contributed by atoms with Crippen molar-refractivity contribution in [2.45, 2.75) is 30.1 Å². The van der Waals surface area contributed by atoms with Crippen LogP contribution in [0, 0.1) is 0 Å². The quantitative estimate of drug-likeness (QED) is 0.471. The van der Waals surface area contributed by atoms with Crippen molar-refractivity contribution in [3.63, 3.8) is 0 Å². The highest BCUT2D eigenvalue weighted by Gasteiger charge is 2.66. The van der Waals surface area contributed by atoms with Crippen LogP contribution in [0.2, 0.25) is 0 Å². The number of hydrogen-bond acceptors (Lipinski definition) is 7. The maximum atomic E-state index is 12.4. The molecule has 2 aromatic rings. The van der Waals surface area contributed by atoms with E-state index < -0.39 is 55.5 Å². The van der Waals surface area contributed by atoms with Gasteiger partial charge < -0.3 is 29.1 Å². The van der Waals surface area contributed by atoms with E-state index in [1.807, 2.05) is 0 Å². The zero-order valence-electron chi connectivity index (χ0n) is 14.2. The first-order valence-electron chi connectivity index (χ1n) is 8.31. The topological polar surface area (TPSA) is 160 Å². The molecule has 2 saturated heterocycles. The molecule has 11 nitrogen and oxygen atoms in total. The first kappa shape index (κ1) is 19.2. The van der Waals surface area contributed by atoms with Crippen molar-refractivity contribution in [2.24, 2.45) is 0 Å². The number of rotatable bonds is 4. The molecule has 5 unspecified atom stereocenters. The number of aromatic amines is 1. The summed E-state index contributed by atoms with van der Waals surface area (Å²) in [6, 6.07) is 8.77. The summed E-state index contributed by atoms with van der Waals surface area (Å²) >= 11 is 0. The van der Waals surface area contributed by atoms with Gasteiger partial charge in [-0.15, -0.1) is 0 Å². The summed E-state index contributed by atoms with van der Waals surface area (Å²) in [7, 11) is -5.02. The number of benzene rings is 1. The lowest BCUT2D eigenvalue weighted by Crippen LogP contribution is -2.37. The van der Waals surface area contributed by atoms with Gasteiger partial charge in [-0.3, -0.25) is 18.9 Å². The molecule has 2 aliphatic rings. The molecule has 0 bridgehead atoms. The summed E-state index contributed by atoms with van der Waals surface area (Å²) in [5.41, 5.74) is -3.74. The van der Waals surface area contributed by atoms with Gasteiger partial charge in [0.2, 0.25) is 0 Å². The summed E-state index contributed by atoms with van der Waals surface area (Å²) < 4.78 is 30.4. The van der Waals surface area contributed by atoms with Crippen molar-refractivity contribution in [3.05, 3.63) is 69.0 Å². The zero-order chi connectivity index (χ0) is 20.1. The highest BCUT2D eigenvalue weighted by atomic mass is 31.2. The van der Waals surface area contributed by atoms with Crippen LogP contribution in [0.5, 0.6) is 0 Å². The SMILES string of the molecule is O=c1ccn(C2OC(CO)C3OC(c4ccccc4)(P(=O)(O)O)OC32)c(=O)[nH]1. The van der Waals surface area contributed by atoms with Crippen LogP contribution in [0.3, 0.4) is 0 Å². The molecular weight excluding hydrogens is 395 g/mol. The molecular formula is C16H17N2O9P. The number of H-pyrrole nitrogens is 1. The van der Waals surface area contributed by atoms with Gasteiger partial charge in [0, 0.05) is 17.8 Å². The molecule has 0 spiro atoms. The second-order valence-electron chi connectivity index (χ2n) is 6.42. The molecule has 2 fully saturated rings. The Morgan fingerprint density at radius 3 is 2.39 bits per heavy atom. The second-order valence-corrected chi connectivity index (χ2v) is 8.10. The van der Waals surface area contributed by atoms with E-state index >= 15 is 0 Å². The Morgan fingerprint density at radius 1 is 1.11 bits per heavy atom. The number of aromatic nitrogens is 2. The minimum Gasteiger partial charge on any atom is -0.394 e. The molecule has 4 N–H and O–H groups in total. The molecule has 5 atom stereocenters. The average molecular weight is 412 g/mol. The highest BCUT2D eigenvalue weighted by molar-refractivity contribution is 7.52. The van der Waals surface area contributed by atoms with Crippen molar-refractivity contribution in [1.82, 2.24) is 9.55 Å². The Labute approximate surface area is 157 Å². The predicted molar refractivity (Wildman–Crippen MR) is 92.2 cm³/mol. The number of aliphatic hydroxyl groups is 1. The molecule has 1 aromatic carbocycles. The molecule has 28 heavy (non-hydrogen) atoms. The fourth-order valence-corrected chi connectivity index (χ4v) is 4.46. The summed E-state index contributed by atoms with van der Waals surface area (Å²) in [5.74, 6) is 0. The molecule has 0 aliphatic carbocycles. The third-order valence-corrected chi connectivity index (χ3v) is 5.94. The molecule has 0 radical (unpaired) electrons. The van der Waals surface area contributed by atoms with Crippen molar-refractivity contribution < 1.29 is 33.7 Å². The van der Waals surface area contributed by atoms with E-state index in [0.717, 1.165) is 10.6 Å². The van der Waals surface area contributed by atoms with Gasteiger partial charge in [-0.1, -0.05) is 30.3 Å². The van der Waals surface area contributed by atoms with Gasteiger partial charge >= 0.3 is 18.8 Å². The monoisotopic (exact) mass is 412 g/mol. The number of ether oxygens (including phenoxy) is 3. The average Bonchev–Trinajstić information content (AvgIpc) is 3.19. The van der Waals surface area contributed by atoms with Gasteiger partial charge in [0.15, 0.2) is 6.23 Å². The summed E-state index contributed by atoms with van der Waals surface area (Å²) in [4.78, 5) is 45.6. The van der Waals surface area contributed by atoms with Crippen LogP contribution >= 0.6 is 7.60 Å². The number of aliphatic hydroxyl groups excluding tert-OH is 1. The smallest absolute Gasteiger partial charge is 0.389 e. The van der Waals surface area contributed by atoms with Crippen LogP contribution in [-0.2, 0) is 24.3 Å². The number of hydrogen-bond donors (Lipinski definition) is 4. The lowest BCUT2D eigenvalue weighted by molar-refractivity contribution is -0.189. The van der Waals surface area contributed by atoms with E-state index in [0.29, 0.717) is 0 Å². The van der Waals surface area contributed by atoms with Crippen LogP contribution in [0.15, 0.2) is 52.2 Å². The fraction of sp³-hybridized carbons (Fsp3) is 0.375. The van der Waals surface area contributed by atoms with E-state index in [1.165, 1.54) is 18.3 Å². The van der Waals surface area contributed by atoms with Gasteiger partial charge in [0.1, 0.15) is 18.3 Å². The lowest BCUT2D eigenvalue weighted by atomic mass is 10.1. The van der Waals surface area contributed by atoms with Crippen molar-refractivity contribution in [3.8, 4) is 0 Å². The largest absolute Gasteiger partial charge is 0.394 e. The maximum absolute atomic E-state index is 12.4. The Morgan fingerprint density at radius 2 is 1.79 bits per heavy atom. The third-order valence-electron chi connectivity index (χ3n) is 4.70. The van der Waals surface area contributed by atoms with E-state index in [2.05, 4.69) is 4.98 Å². The fourth-order valence-electron chi connectivity index (χ4n) is 3.46. The lowest BCUT2D eigenvalue weighted by Gasteiger charge is -2.31. The van der Waals surface area contributed by atoms with Crippen LogP contribution < -0.4 is 11.2 Å². The van der Waals surface area contributed by atoms with E-state index in [4.69, 9.17) is 14.2 Å². The highest BCUT2D eigenvalue weighted by Crippen LogP contribution is 2.64. The van der Waals surface area contributed by atoms with Gasteiger partial charge in [-0.05, 0) is 0 Å². The Hall–Kier alpha value is -2.11. The summed E-state index contributed by atoms with van der Waals surface area (Å²) in [5, 5.41) is 9.63. The Kier molecular flexibility index (Phi) is 4.63. The van der Waals surface area contributed by atoms with Crippen LogP contribution in [0.25, 0.3) is 0 Å². The van der Waals surface area contributed by atoms with E-state index in [9.17, 15) is 29.0 Å². The minimum atomic E-state index is -5.02. The molecule has 4 rings (SSSR count). The third kappa shape index (κ3) is 2.88. The molecule has 0 saturated carbocycles. The molecule has 0 amide bonds. The van der Waals surface area contributed by atoms with E-state index in [1.54, 1.807) is 18.2 Å². The first-order chi connectivity index (χ1) is 13.3. The summed E-state index contributed by atoms with van der Waals surface area (Å²) in [6.45, 7) is -0.537. The van der Waals surface area contributed by atoms with Gasteiger partial charge in [-0.25, -0.2) is 4.79 Å². The molecule has 3 heterocycles. The number of nitrogens with one attached hydrogen (secondary N) is 1. The first-order valence-corrected chi connectivity index (χ1v) is 9.93. The predicted octanol–water partition coefficient (Wildman–Crippen LogP) is -0.802. The number of nitrogens with zero attached hydrogens (tertiary/aromatic N) is 1. The van der Waals surface area contributed by atoms with Crippen molar-refractivity contribution in [1.29, 1.82) is 0 Å². The molecule has 1 aromatic heterocycles. The van der Waals surface area contributed by atoms with Crippen molar-refractivity contribution in [2.75, 3.05) is 6.61 Å². The Balaban J connectivity index is 1.80. The normalized spacial score (nSPS) is 32.4. The maximum Gasteiger partial charge on any atom is 0.389 e. The van der Waals surface area contributed by atoms with Gasteiger partial charge in [0.25, 0.3) is 5.56 Å². The standard InChI is InChI=1S/C16H17N2O9P/c19-8-10-12-13(14(25-10)18-7-6-11(20)17-15(18)21)27-16(26-12,28(22,23)24)9-4-2-1-3-5-9/h1-7,10,12-14,19H,8H2,(H,17,20,21)(H2,22,23,24).